The average Bonchev–Trinajstić information content (AvgIpc) is 3.23. The monoisotopic (exact) mass is 418 g/mol. The third-order valence-electron chi connectivity index (χ3n) is 4.57. The maximum atomic E-state index is 13.3. The van der Waals surface area contributed by atoms with Crippen LogP contribution >= 0.6 is 22.9 Å². The Morgan fingerprint density at radius 2 is 1.76 bits per heavy atom. The number of benzene rings is 3. The molecule has 0 N–H and O–H groups in total. The summed E-state index contributed by atoms with van der Waals surface area (Å²) in [5.74, 6) is -0.124. The van der Waals surface area contributed by atoms with Crippen molar-refractivity contribution in [1.29, 1.82) is 0 Å². The van der Waals surface area contributed by atoms with Crippen LogP contribution in [0.5, 0.6) is 0 Å². The van der Waals surface area contributed by atoms with Crippen molar-refractivity contribution in [2.75, 3.05) is 4.90 Å². The molecule has 0 saturated carbocycles. The molecule has 0 fully saturated rings. The molecule has 4 rings (SSSR count). The Labute approximate surface area is 179 Å². The molecule has 0 radical (unpaired) electrons. The van der Waals surface area contributed by atoms with Gasteiger partial charge in [-0.05, 0) is 30.7 Å². The first kappa shape index (κ1) is 19.4. The number of aryl methyl sites for hydroxylation is 1. The van der Waals surface area contributed by atoms with Gasteiger partial charge in [0.05, 0.1) is 12.2 Å². The van der Waals surface area contributed by atoms with Crippen LogP contribution in [0.4, 0.5) is 5.13 Å². The van der Waals surface area contributed by atoms with Crippen molar-refractivity contribution >= 4 is 34.0 Å². The van der Waals surface area contributed by atoms with Crippen molar-refractivity contribution in [2.45, 2.75) is 13.5 Å². The quantitative estimate of drug-likeness (QED) is 0.365. The van der Waals surface area contributed by atoms with E-state index in [1.54, 1.807) is 29.2 Å². The average molecular weight is 419 g/mol. The zero-order valence-corrected chi connectivity index (χ0v) is 17.5. The van der Waals surface area contributed by atoms with Gasteiger partial charge in [0.25, 0.3) is 5.91 Å². The highest BCUT2D eigenvalue weighted by atomic mass is 35.5. The van der Waals surface area contributed by atoms with Gasteiger partial charge in [-0.15, -0.1) is 11.3 Å². The molecule has 1 heterocycles. The summed E-state index contributed by atoms with van der Waals surface area (Å²) in [4.78, 5) is 19.8. The van der Waals surface area contributed by atoms with E-state index >= 15 is 0 Å². The molecule has 0 aliphatic rings. The second-order valence-electron chi connectivity index (χ2n) is 6.77. The van der Waals surface area contributed by atoms with E-state index < -0.39 is 0 Å². The van der Waals surface area contributed by atoms with E-state index in [2.05, 4.69) is 31.2 Å². The predicted molar refractivity (Wildman–Crippen MR) is 121 cm³/mol. The van der Waals surface area contributed by atoms with Crippen LogP contribution in [0.15, 0.2) is 84.2 Å². The van der Waals surface area contributed by atoms with Gasteiger partial charge in [-0.1, -0.05) is 77.8 Å². The first-order chi connectivity index (χ1) is 14.1. The van der Waals surface area contributed by atoms with Crippen LogP contribution in [0.25, 0.3) is 11.3 Å². The molecule has 0 spiro atoms. The molecular weight excluding hydrogens is 400 g/mol. The van der Waals surface area contributed by atoms with Crippen LogP contribution in [-0.4, -0.2) is 10.9 Å². The summed E-state index contributed by atoms with van der Waals surface area (Å²) in [6.45, 7) is 2.49. The lowest BCUT2D eigenvalue weighted by atomic mass is 10.1. The lowest BCUT2D eigenvalue weighted by molar-refractivity contribution is 0.0985. The van der Waals surface area contributed by atoms with E-state index in [0.717, 1.165) is 16.8 Å². The van der Waals surface area contributed by atoms with E-state index in [4.69, 9.17) is 16.6 Å². The van der Waals surface area contributed by atoms with Crippen LogP contribution < -0.4 is 4.90 Å². The predicted octanol–water partition coefficient (Wildman–Crippen LogP) is 6.62. The summed E-state index contributed by atoms with van der Waals surface area (Å²) in [7, 11) is 0. The standard InChI is InChI=1S/C24H19ClN2OS/c1-17-10-12-19(13-11-17)22-16-29-24(26-22)27(15-18-6-3-2-4-7-18)23(28)20-8-5-9-21(25)14-20/h2-14,16H,15H2,1H3. The minimum Gasteiger partial charge on any atom is -0.279 e. The molecule has 1 amide bonds. The van der Waals surface area contributed by atoms with E-state index in [-0.39, 0.29) is 5.91 Å². The van der Waals surface area contributed by atoms with Crippen molar-refractivity contribution in [3.8, 4) is 11.3 Å². The molecular formula is C24H19ClN2OS. The number of thiazole rings is 1. The number of rotatable bonds is 5. The third kappa shape index (κ3) is 4.56. The minimum absolute atomic E-state index is 0.124. The molecule has 144 valence electrons. The van der Waals surface area contributed by atoms with Crippen molar-refractivity contribution in [3.05, 3.63) is 106 Å². The van der Waals surface area contributed by atoms with E-state index in [1.165, 1.54) is 16.9 Å². The van der Waals surface area contributed by atoms with Gasteiger partial charge in [-0.2, -0.15) is 0 Å². The van der Waals surface area contributed by atoms with Crippen molar-refractivity contribution < 1.29 is 4.79 Å². The fraction of sp³-hybridized carbons (Fsp3) is 0.0833. The second-order valence-corrected chi connectivity index (χ2v) is 8.04. The van der Waals surface area contributed by atoms with Crippen LogP contribution in [-0.2, 0) is 6.54 Å². The van der Waals surface area contributed by atoms with E-state index in [9.17, 15) is 4.79 Å². The Balaban J connectivity index is 1.70. The number of amides is 1. The summed E-state index contributed by atoms with van der Waals surface area (Å²) >= 11 is 7.58. The molecule has 3 nitrogen and oxygen atoms in total. The zero-order valence-electron chi connectivity index (χ0n) is 15.9. The highest BCUT2D eigenvalue weighted by Gasteiger charge is 2.22. The van der Waals surface area contributed by atoms with E-state index in [0.29, 0.717) is 22.3 Å². The normalized spacial score (nSPS) is 10.7. The number of hydrogen-bond acceptors (Lipinski definition) is 3. The number of hydrogen-bond donors (Lipinski definition) is 0. The van der Waals surface area contributed by atoms with Gasteiger partial charge in [-0.3, -0.25) is 9.69 Å². The molecule has 0 saturated heterocycles. The molecule has 0 atom stereocenters. The first-order valence-corrected chi connectivity index (χ1v) is 10.5. The fourth-order valence-corrected chi connectivity index (χ4v) is 4.04. The number of carbonyl (C=O) groups excluding carboxylic acids is 1. The Morgan fingerprint density at radius 3 is 2.48 bits per heavy atom. The lowest BCUT2D eigenvalue weighted by Crippen LogP contribution is -2.30. The first-order valence-electron chi connectivity index (χ1n) is 9.24. The molecule has 0 unspecified atom stereocenters. The molecule has 5 heteroatoms. The summed E-state index contributed by atoms with van der Waals surface area (Å²) in [5.41, 5.74) is 4.68. The molecule has 0 bridgehead atoms. The summed E-state index contributed by atoms with van der Waals surface area (Å²) in [6.07, 6.45) is 0. The van der Waals surface area contributed by atoms with Gasteiger partial charge in [0.2, 0.25) is 0 Å². The number of anilines is 1. The SMILES string of the molecule is Cc1ccc(-c2csc(N(Cc3ccccc3)C(=O)c3cccc(Cl)c3)n2)cc1. The van der Waals surface area contributed by atoms with Gasteiger partial charge in [0, 0.05) is 21.5 Å². The highest BCUT2D eigenvalue weighted by Crippen LogP contribution is 2.30. The largest absolute Gasteiger partial charge is 0.279 e. The summed E-state index contributed by atoms with van der Waals surface area (Å²) in [5, 5.41) is 3.19. The van der Waals surface area contributed by atoms with E-state index in [1.807, 2.05) is 35.7 Å². The van der Waals surface area contributed by atoms with Crippen molar-refractivity contribution in [2.24, 2.45) is 0 Å². The number of halogens is 1. The number of aromatic nitrogens is 1. The molecule has 29 heavy (non-hydrogen) atoms. The Morgan fingerprint density at radius 1 is 1.00 bits per heavy atom. The molecule has 0 aliphatic carbocycles. The second kappa shape index (κ2) is 8.60. The van der Waals surface area contributed by atoms with Gasteiger partial charge in [0.15, 0.2) is 5.13 Å². The van der Waals surface area contributed by atoms with Crippen molar-refractivity contribution in [1.82, 2.24) is 4.98 Å². The third-order valence-corrected chi connectivity index (χ3v) is 5.67. The summed E-state index contributed by atoms with van der Waals surface area (Å²) in [6, 6.07) is 25.2. The van der Waals surface area contributed by atoms with Crippen LogP contribution in [0.2, 0.25) is 5.02 Å². The van der Waals surface area contributed by atoms with Gasteiger partial charge in [-0.25, -0.2) is 4.98 Å². The molecule has 1 aromatic heterocycles. The number of nitrogens with zero attached hydrogens (tertiary/aromatic N) is 2. The molecule has 4 aromatic rings. The lowest BCUT2D eigenvalue weighted by Gasteiger charge is -2.20. The van der Waals surface area contributed by atoms with Crippen LogP contribution in [0.1, 0.15) is 21.5 Å². The number of carbonyl (C=O) groups is 1. The Bertz CT molecular complexity index is 1120. The smallest absolute Gasteiger partial charge is 0.260 e. The minimum atomic E-state index is -0.124. The topological polar surface area (TPSA) is 33.2 Å². The van der Waals surface area contributed by atoms with Crippen molar-refractivity contribution in [3.63, 3.8) is 0 Å². The summed E-state index contributed by atoms with van der Waals surface area (Å²) < 4.78 is 0. The Hall–Kier alpha value is -2.95. The van der Waals surface area contributed by atoms with Crippen LogP contribution in [0, 0.1) is 6.92 Å². The fourth-order valence-electron chi connectivity index (χ4n) is 3.01. The van der Waals surface area contributed by atoms with Gasteiger partial charge >= 0.3 is 0 Å². The molecule has 3 aromatic carbocycles. The van der Waals surface area contributed by atoms with Gasteiger partial charge < -0.3 is 0 Å². The van der Waals surface area contributed by atoms with Gasteiger partial charge in [0.1, 0.15) is 0 Å². The maximum absolute atomic E-state index is 13.3. The molecule has 0 aliphatic heterocycles. The Kier molecular flexibility index (Phi) is 5.74. The maximum Gasteiger partial charge on any atom is 0.260 e. The zero-order chi connectivity index (χ0) is 20.2. The van der Waals surface area contributed by atoms with Crippen LogP contribution in [0.3, 0.4) is 0 Å². The highest BCUT2D eigenvalue weighted by molar-refractivity contribution is 7.14.